The Labute approximate surface area is 160 Å². The highest BCUT2D eigenvalue weighted by Crippen LogP contribution is 2.37. The smallest absolute Gasteiger partial charge is 0.277 e. The van der Waals surface area contributed by atoms with Gasteiger partial charge in [0, 0.05) is 12.4 Å². The van der Waals surface area contributed by atoms with Crippen LogP contribution in [0.4, 0.5) is 32.0 Å². The van der Waals surface area contributed by atoms with Crippen molar-refractivity contribution in [1.29, 1.82) is 0 Å². The largest absolute Gasteiger partial charge is 0.417 e. The molecule has 2 aromatic carbocycles. The minimum absolute atomic E-state index is 0.101. The molecule has 0 aliphatic carbocycles. The summed E-state index contributed by atoms with van der Waals surface area (Å²) in [5.74, 6) is 0. The maximum atomic E-state index is 13.2. The molecule has 29 heavy (non-hydrogen) atoms. The molecule has 0 amide bonds. The molecule has 0 atom stereocenters. The summed E-state index contributed by atoms with van der Waals surface area (Å²) in [5, 5.41) is 3.82. The van der Waals surface area contributed by atoms with Gasteiger partial charge in [-0.3, -0.25) is 4.72 Å². The number of aromatic nitrogens is 2. The number of sulfonamides is 1. The topological polar surface area (TPSA) is 64.0 Å². The molecule has 12 heteroatoms. The van der Waals surface area contributed by atoms with Gasteiger partial charge < -0.3 is 0 Å². The molecule has 3 aromatic rings. The van der Waals surface area contributed by atoms with Crippen molar-refractivity contribution >= 4 is 15.7 Å². The van der Waals surface area contributed by atoms with Crippen molar-refractivity contribution in [2.24, 2.45) is 0 Å². The van der Waals surface area contributed by atoms with E-state index in [1.54, 1.807) is 0 Å². The summed E-state index contributed by atoms with van der Waals surface area (Å²) in [6.45, 7) is 0. The first kappa shape index (κ1) is 20.7. The standard InChI is InChI=1S/C17H11F6N3O2S/c18-16(19,20)11-6-7-14(26-9-3-8-24-26)13(10-11)25-29(27,28)15-5-2-1-4-12(15)17(21,22)23/h1-10,25H. The third-order valence-electron chi connectivity index (χ3n) is 3.80. The molecule has 0 bridgehead atoms. The fraction of sp³-hybridized carbons (Fsp3) is 0.118. The Morgan fingerprint density at radius 3 is 2.17 bits per heavy atom. The summed E-state index contributed by atoms with van der Waals surface area (Å²) in [7, 11) is -4.88. The molecule has 0 unspecified atom stereocenters. The highest BCUT2D eigenvalue weighted by atomic mass is 32.2. The van der Waals surface area contributed by atoms with Crippen LogP contribution in [0.2, 0.25) is 0 Å². The van der Waals surface area contributed by atoms with Crippen molar-refractivity contribution in [3.05, 3.63) is 72.1 Å². The van der Waals surface area contributed by atoms with Gasteiger partial charge in [-0.15, -0.1) is 0 Å². The summed E-state index contributed by atoms with van der Waals surface area (Å²) in [6, 6.07) is 6.95. The highest BCUT2D eigenvalue weighted by molar-refractivity contribution is 7.92. The first-order valence-corrected chi connectivity index (χ1v) is 9.28. The lowest BCUT2D eigenvalue weighted by molar-refractivity contribution is -0.140. The first-order chi connectivity index (χ1) is 13.4. The van der Waals surface area contributed by atoms with Gasteiger partial charge in [-0.05, 0) is 36.4 Å². The lowest BCUT2D eigenvalue weighted by atomic mass is 10.1. The number of nitrogens with zero attached hydrogens (tertiary/aromatic N) is 2. The zero-order valence-corrected chi connectivity index (χ0v) is 15.0. The van der Waals surface area contributed by atoms with Crippen LogP contribution in [0.5, 0.6) is 0 Å². The minimum Gasteiger partial charge on any atom is -0.277 e. The lowest BCUT2D eigenvalue weighted by Gasteiger charge is -2.17. The average Bonchev–Trinajstić information content (AvgIpc) is 3.14. The second-order valence-electron chi connectivity index (χ2n) is 5.78. The first-order valence-electron chi connectivity index (χ1n) is 7.80. The third-order valence-corrected chi connectivity index (χ3v) is 5.23. The maximum Gasteiger partial charge on any atom is 0.417 e. The van der Waals surface area contributed by atoms with Crippen molar-refractivity contribution < 1.29 is 34.8 Å². The number of alkyl halides is 6. The number of hydrogen-bond donors (Lipinski definition) is 1. The second kappa shape index (κ2) is 7.10. The van der Waals surface area contributed by atoms with Crippen LogP contribution in [0.15, 0.2) is 65.8 Å². The van der Waals surface area contributed by atoms with E-state index in [9.17, 15) is 34.8 Å². The molecule has 0 radical (unpaired) electrons. The molecule has 0 spiro atoms. The molecule has 1 heterocycles. The van der Waals surface area contributed by atoms with E-state index in [0.29, 0.717) is 24.3 Å². The van der Waals surface area contributed by atoms with E-state index < -0.39 is 44.1 Å². The molecule has 154 valence electrons. The summed E-state index contributed by atoms with van der Waals surface area (Å²) in [5.41, 5.74) is -3.31. The second-order valence-corrected chi connectivity index (χ2v) is 7.43. The van der Waals surface area contributed by atoms with E-state index in [1.165, 1.54) is 18.5 Å². The molecule has 5 nitrogen and oxygen atoms in total. The van der Waals surface area contributed by atoms with Crippen LogP contribution in [-0.4, -0.2) is 18.2 Å². The van der Waals surface area contributed by atoms with Crippen molar-refractivity contribution in [2.45, 2.75) is 17.2 Å². The van der Waals surface area contributed by atoms with Crippen LogP contribution in [0.3, 0.4) is 0 Å². The van der Waals surface area contributed by atoms with Gasteiger partial charge in [0.1, 0.15) is 0 Å². The molecular formula is C17H11F6N3O2S. The van der Waals surface area contributed by atoms with Gasteiger partial charge in [-0.2, -0.15) is 31.4 Å². The molecule has 1 aromatic heterocycles. The molecule has 0 saturated carbocycles. The summed E-state index contributed by atoms with van der Waals surface area (Å²) >= 11 is 0. The summed E-state index contributed by atoms with van der Waals surface area (Å²) in [6.07, 6.45) is -7.14. The van der Waals surface area contributed by atoms with E-state index in [2.05, 4.69) is 5.10 Å². The van der Waals surface area contributed by atoms with Crippen molar-refractivity contribution in [3.63, 3.8) is 0 Å². The highest BCUT2D eigenvalue weighted by Gasteiger charge is 2.37. The Balaban J connectivity index is 2.14. The van der Waals surface area contributed by atoms with Gasteiger partial charge in [0.15, 0.2) is 0 Å². The van der Waals surface area contributed by atoms with E-state index in [-0.39, 0.29) is 5.69 Å². The molecule has 0 aliphatic rings. The Hall–Kier alpha value is -3.02. The predicted octanol–water partition coefficient (Wildman–Crippen LogP) is 4.71. The number of benzene rings is 2. The zero-order valence-electron chi connectivity index (χ0n) is 14.2. The Morgan fingerprint density at radius 2 is 1.59 bits per heavy atom. The fourth-order valence-corrected chi connectivity index (χ4v) is 3.83. The van der Waals surface area contributed by atoms with Crippen LogP contribution >= 0.6 is 0 Å². The van der Waals surface area contributed by atoms with Crippen molar-refractivity contribution in [3.8, 4) is 5.69 Å². The quantitative estimate of drug-likeness (QED) is 0.604. The number of halogens is 6. The molecular weight excluding hydrogens is 424 g/mol. The van der Waals surface area contributed by atoms with E-state index in [1.807, 2.05) is 4.72 Å². The molecule has 1 N–H and O–H groups in total. The number of nitrogens with one attached hydrogen (secondary N) is 1. The SMILES string of the molecule is O=S(=O)(Nc1cc(C(F)(F)F)ccc1-n1cccn1)c1ccccc1C(F)(F)F. The molecule has 0 saturated heterocycles. The van der Waals surface area contributed by atoms with Crippen LogP contribution in [0.1, 0.15) is 11.1 Å². The predicted molar refractivity (Wildman–Crippen MR) is 90.8 cm³/mol. The number of hydrogen-bond acceptors (Lipinski definition) is 3. The number of rotatable bonds is 4. The van der Waals surface area contributed by atoms with Crippen LogP contribution < -0.4 is 4.72 Å². The summed E-state index contributed by atoms with van der Waals surface area (Å²) in [4.78, 5) is -1.11. The normalized spacial score (nSPS) is 12.8. The monoisotopic (exact) mass is 435 g/mol. The molecule has 3 rings (SSSR count). The van der Waals surface area contributed by atoms with Crippen molar-refractivity contribution in [1.82, 2.24) is 9.78 Å². The van der Waals surface area contributed by atoms with E-state index in [4.69, 9.17) is 0 Å². The Bertz CT molecular complexity index is 1120. The van der Waals surface area contributed by atoms with Crippen LogP contribution in [0.25, 0.3) is 5.69 Å². The van der Waals surface area contributed by atoms with Gasteiger partial charge >= 0.3 is 12.4 Å². The maximum absolute atomic E-state index is 13.2. The lowest BCUT2D eigenvalue weighted by Crippen LogP contribution is -2.20. The van der Waals surface area contributed by atoms with Gasteiger partial charge in [0.25, 0.3) is 10.0 Å². The average molecular weight is 435 g/mol. The fourth-order valence-electron chi connectivity index (χ4n) is 2.54. The van der Waals surface area contributed by atoms with Gasteiger partial charge in [-0.25, -0.2) is 13.1 Å². The third kappa shape index (κ3) is 4.36. The molecule has 0 aliphatic heterocycles. The van der Waals surface area contributed by atoms with E-state index in [0.717, 1.165) is 22.9 Å². The Kier molecular flexibility index (Phi) is 5.07. The van der Waals surface area contributed by atoms with Gasteiger partial charge in [0.2, 0.25) is 0 Å². The van der Waals surface area contributed by atoms with Crippen LogP contribution in [-0.2, 0) is 22.4 Å². The summed E-state index contributed by atoms with van der Waals surface area (Å²) < 4.78 is 107. The minimum atomic E-state index is -4.98. The molecule has 0 fully saturated rings. The number of anilines is 1. The van der Waals surface area contributed by atoms with Gasteiger partial charge in [-0.1, -0.05) is 12.1 Å². The van der Waals surface area contributed by atoms with Gasteiger partial charge in [0.05, 0.1) is 27.4 Å². The zero-order chi connectivity index (χ0) is 21.4. The van der Waals surface area contributed by atoms with Crippen molar-refractivity contribution in [2.75, 3.05) is 4.72 Å². The Morgan fingerprint density at radius 1 is 0.897 bits per heavy atom. The van der Waals surface area contributed by atoms with E-state index >= 15 is 0 Å². The van der Waals surface area contributed by atoms with Crippen LogP contribution in [0, 0.1) is 0 Å².